The summed E-state index contributed by atoms with van der Waals surface area (Å²) in [5.41, 5.74) is -0.341. The molecule has 0 aromatic carbocycles. The van der Waals surface area contributed by atoms with Gasteiger partial charge >= 0.3 is 6.03 Å². The first-order valence-corrected chi connectivity index (χ1v) is 4.68. The van der Waals surface area contributed by atoms with E-state index in [1.54, 1.807) is 0 Å². The van der Waals surface area contributed by atoms with Crippen LogP contribution in [0.15, 0.2) is 0 Å². The van der Waals surface area contributed by atoms with Gasteiger partial charge in [-0.1, -0.05) is 6.92 Å². The largest absolute Gasteiger partial charge is 0.396 e. The van der Waals surface area contributed by atoms with Crippen LogP contribution in [0.4, 0.5) is 4.79 Å². The maximum Gasteiger partial charge on any atom is 0.315 e. The maximum absolute atomic E-state index is 11.2. The quantitative estimate of drug-likeness (QED) is 0.599. The molecule has 0 unspecified atom stereocenters. The van der Waals surface area contributed by atoms with Crippen molar-refractivity contribution in [3.63, 3.8) is 0 Å². The van der Waals surface area contributed by atoms with Crippen molar-refractivity contribution in [2.75, 3.05) is 13.2 Å². The molecule has 0 radical (unpaired) electrons. The molecule has 0 aromatic heterocycles. The van der Waals surface area contributed by atoms with E-state index in [0.717, 1.165) is 6.42 Å². The van der Waals surface area contributed by atoms with Gasteiger partial charge in [-0.2, -0.15) is 0 Å². The lowest BCUT2D eigenvalue weighted by Gasteiger charge is -2.25. The van der Waals surface area contributed by atoms with E-state index in [2.05, 4.69) is 10.6 Å². The molecule has 3 N–H and O–H groups in total. The number of hydrogen-bond donors (Lipinski definition) is 3. The zero-order valence-electron chi connectivity index (χ0n) is 8.68. The third kappa shape index (κ3) is 6.40. The van der Waals surface area contributed by atoms with Crippen LogP contribution in [-0.2, 0) is 0 Å². The molecule has 0 aliphatic heterocycles. The lowest BCUT2D eigenvalue weighted by Crippen LogP contribution is -2.48. The van der Waals surface area contributed by atoms with E-state index in [9.17, 15) is 4.79 Å². The second-order valence-corrected chi connectivity index (χ2v) is 3.74. The van der Waals surface area contributed by atoms with Crippen molar-refractivity contribution >= 4 is 6.03 Å². The van der Waals surface area contributed by atoms with Crippen molar-refractivity contribution in [1.82, 2.24) is 10.6 Å². The second kappa shape index (κ2) is 5.80. The van der Waals surface area contributed by atoms with Crippen LogP contribution in [0, 0.1) is 0 Å². The van der Waals surface area contributed by atoms with Crippen LogP contribution in [0.25, 0.3) is 0 Å². The van der Waals surface area contributed by atoms with Crippen LogP contribution in [0.5, 0.6) is 0 Å². The first-order chi connectivity index (χ1) is 6.02. The maximum atomic E-state index is 11.2. The Morgan fingerprint density at radius 2 is 2.08 bits per heavy atom. The number of urea groups is 1. The van der Waals surface area contributed by atoms with E-state index in [4.69, 9.17) is 5.11 Å². The first kappa shape index (κ1) is 12.2. The molecule has 0 aliphatic rings. The molecule has 2 amide bonds. The monoisotopic (exact) mass is 188 g/mol. The highest BCUT2D eigenvalue weighted by atomic mass is 16.3. The van der Waals surface area contributed by atoms with Crippen molar-refractivity contribution in [2.45, 2.75) is 39.2 Å². The molecule has 0 saturated carbocycles. The van der Waals surface area contributed by atoms with E-state index in [1.807, 2.05) is 20.8 Å². The Morgan fingerprint density at radius 1 is 1.46 bits per heavy atom. The molecule has 0 spiro atoms. The molecule has 0 aromatic rings. The SMILES string of the molecule is CCCNC(=O)NC(C)(C)CCO. The Kier molecular flexibility index (Phi) is 5.46. The summed E-state index contributed by atoms with van der Waals surface area (Å²) in [6, 6.07) is -0.166. The highest BCUT2D eigenvalue weighted by Crippen LogP contribution is 2.06. The average molecular weight is 188 g/mol. The fraction of sp³-hybridized carbons (Fsp3) is 0.889. The van der Waals surface area contributed by atoms with Crippen LogP contribution in [-0.4, -0.2) is 29.8 Å². The standard InChI is InChI=1S/C9H20N2O2/c1-4-6-10-8(13)11-9(2,3)5-7-12/h12H,4-7H2,1-3H3,(H2,10,11,13). The van der Waals surface area contributed by atoms with E-state index in [0.29, 0.717) is 13.0 Å². The fourth-order valence-corrected chi connectivity index (χ4v) is 0.932. The molecule has 0 heterocycles. The average Bonchev–Trinajstić information content (AvgIpc) is 1.99. The lowest BCUT2D eigenvalue weighted by molar-refractivity contribution is 0.210. The zero-order valence-corrected chi connectivity index (χ0v) is 8.68. The van der Waals surface area contributed by atoms with Crippen LogP contribution >= 0.6 is 0 Å². The number of carbonyl (C=O) groups is 1. The van der Waals surface area contributed by atoms with E-state index in [-0.39, 0.29) is 18.2 Å². The molecule has 0 saturated heterocycles. The van der Waals surface area contributed by atoms with Gasteiger partial charge in [0, 0.05) is 18.7 Å². The normalized spacial score (nSPS) is 11.1. The molecule has 0 rings (SSSR count). The first-order valence-electron chi connectivity index (χ1n) is 4.68. The Morgan fingerprint density at radius 3 is 2.54 bits per heavy atom. The predicted octanol–water partition coefficient (Wildman–Crippen LogP) is 0.857. The number of aliphatic hydroxyl groups excluding tert-OH is 1. The van der Waals surface area contributed by atoms with Gasteiger partial charge in [0.1, 0.15) is 0 Å². The molecular weight excluding hydrogens is 168 g/mol. The fourth-order valence-electron chi connectivity index (χ4n) is 0.932. The summed E-state index contributed by atoms with van der Waals surface area (Å²) in [5.74, 6) is 0. The highest BCUT2D eigenvalue weighted by Gasteiger charge is 2.18. The molecule has 0 fully saturated rings. The minimum absolute atomic E-state index is 0.0844. The smallest absolute Gasteiger partial charge is 0.315 e. The number of aliphatic hydroxyl groups is 1. The van der Waals surface area contributed by atoms with Crippen molar-refractivity contribution in [2.24, 2.45) is 0 Å². The van der Waals surface area contributed by atoms with Crippen LogP contribution < -0.4 is 10.6 Å². The van der Waals surface area contributed by atoms with Gasteiger partial charge in [0.25, 0.3) is 0 Å². The molecule has 0 atom stereocenters. The summed E-state index contributed by atoms with van der Waals surface area (Å²) in [6.45, 7) is 6.53. The Labute approximate surface area is 79.7 Å². The number of nitrogens with one attached hydrogen (secondary N) is 2. The van der Waals surface area contributed by atoms with E-state index >= 15 is 0 Å². The van der Waals surface area contributed by atoms with Crippen LogP contribution in [0.1, 0.15) is 33.6 Å². The summed E-state index contributed by atoms with van der Waals surface area (Å²) in [5, 5.41) is 14.2. The second-order valence-electron chi connectivity index (χ2n) is 3.74. The number of amides is 2. The molecular formula is C9H20N2O2. The number of carbonyl (C=O) groups excluding carboxylic acids is 1. The van der Waals surface area contributed by atoms with Crippen molar-refractivity contribution in [1.29, 1.82) is 0 Å². The van der Waals surface area contributed by atoms with Crippen molar-refractivity contribution < 1.29 is 9.90 Å². The Bertz CT molecular complexity index is 158. The number of rotatable bonds is 5. The van der Waals surface area contributed by atoms with Crippen molar-refractivity contribution in [3.05, 3.63) is 0 Å². The van der Waals surface area contributed by atoms with E-state index in [1.165, 1.54) is 0 Å². The Hall–Kier alpha value is -0.770. The van der Waals surface area contributed by atoms with Crippen molar-refractivity contribution in [3.8, 4) is 0 Å². The number of hydrogen-bond acceptors (Lipinski definition) is 2. The molecule has 0 bridgehead atoms. The van der Waals surface area contributed by atoms with Gasteiger partial charge < -0.3 is 15.7 Å². The summed E-state index contributed by atoms with van der Waals surface area (Å²) in [7, 11) is 0. The summed E-state index contributed by atoms with van der Waals surface area (Å²) in [4.78, 5) is 11.2. The highest BCUT2D eigenvalue weighted by molar-refractivity contribution is 5.74. The predicted molar refractivity (Wildman–Crippen MR) is 52.6 cm³/mol. The zero-order chi connectivity index (χ0) is 10.3. The Balaban J connectivity index is 3.75. The van der Waals surface area contributed by atoms with Gasteiger partial charge in [-0.15, -0.1) is 0 Å². The summed E-state index contributed by atoms with van der Waals surface area (Å²) in [6.07, 6.45) is 1.49. The van der Waals surface area contributed by atoms with Crippen LogP contribution in [0.3, 0.4) is 0 Å². The van der Waals surface area contributed by atoms with Gasteiger partial charge in [-0.3, -0.25) is 0 Å². The molecule has 0 aliphatic carbocycles. The molecule has 78 valence electrons. The lowest BCUT2D eigenvalue weighted by atomic mass is 10.0. The molecule has 4 heteroatoms. The minimum atomic E-state index is -0.341. The van der Waals surface area contributed by atoms with Gasteiger partial charge in [0.05, 0.1) is 0 Å². The van der Waals surface area contributed by atoms with E-state index < -0.39 is 0 Å². The van der Waals surface area contributed by atoms with Gasteiger partial charge in [-0.05, 0) is 26.7 Å². The molecule has 13 heavy (non-hydrogen) atoms. The van der Waals surface area contributed by atoms with Gasteiger partial charge in [-0.25, -0.2) is 4.79 Å². The van der Waals surface area contributed by atoms with Crippen LogP contribution in [0.2, 0.25) is 0 Å². The van der Waals surface area contributed by atoms with Gasteiger partial charge in [0.2, 0.25) is 0 Å². The topological polar surface area (TPSA) is 61.4 Å². The third-order valence-corrected chi connectivity index (χ3v) is 1.72. The summed E-state index contributed by atoms with van der Waals surface area (Å²) >= 11 is 0. The molecule has 4 nitrogen and oxygen atoms in total. The van der Waals surface area contributed by atoms with Gasteiger partial charge in [0.15, 0.2) is 0 Å². The minimum Gasteiger partial charge on any atom is -0.396 e. The summed E-state index contributed by atoms with van der Waals surface area (Å²) < 4.78 is 0. The third-order valence-electron chi connectivity index (χ3n) is 1.72.